The van der Waals surface area contributed by atoms with E-state index in [2.05, 4.69) is 44.0 Å². The number of nitrogens with two attached hydrogens (primary N) is 1. The Morgan fingerprint density at radius 2 is 2.18 bits per heavy atom. The van der Waals surface area contributed by atoms with Crippen molar-refractivity contribution in [3.05, 3.63) is 34.9 Å². The van der Waals surface area contributed by atoms with Gasteiger partial charge in [0, 0.05) is 18.5 Å². The summed E-state index contributed by atoms with van der Waals surface area (Å²) < 4.78 is 0. The summed E-state index contributed by atoms with van der Waals surface area (Å²) in [6.45, 7) is 6.32. The third-order valence-electron chi connectivity index (χ3n) is 4.12. The van der Waals surface area contributed by atoms with Gasteiger partial charge in [-0.05, 0) is 51.4 Å². The third kappa shape index (κ3) is 2.53. The minimum atomic E-state index is 0.489. The van der Waals surface area contributed by atoms with E-state index in [1.54, 1.807) is 0 Å². The zero-order valence-electron chi connectivity index (χ0n) is 11.2. The zero-order chi connectivity index (χ0) is 12.4. The van der Waals surface area contributed by atoms with Gasteiger partial charge in [0.25, 0.3) is 0 Å². The van der Waals surface area contributed by atoms with Gasteiger partial charge in [-0.25, -0.2) is 0 Å². The maximum absolute atomic E-state index is 6.03. The molecule has 2 nitrogen and oxygen atoms in total. The van der Waals surface area contributed by atoms with Gasteiger partial charge in [-0.3, -0.25) is 0 Å². The summed E-state index contributed by atoms with van der Waals surface area (Å²) in [4.78, 5) is 2.47. The molecule has 0 aliphatic carbocycles. The van der Waals surface area contributed by atoms with Crippen LogP contribution in [0.3, 0.4) is 0 Å². The minimum absolute atomic E-state index is 0.489. The smallest absolute Gasteiger partial charge is 0.0174 e. The standard InChI is InChI=1S/C15H24N2/c1-11-6-7-13(12(2)9-11)14(10-16)15-5-4-8-17(15)3/h6-7,9,14-15H,4-5,8,10,16H2,1-3H3. The molecule has 0 amide bonds. The van der Waals surface area contributed by atoms with E-state index in [1.165, 1.54) is 36.1 Å². The summed E-state index contributed by atoms with van der Waals surface area (Å²) in [6, 6.07) is 7.38. The Kier molecular flexibility index (Phi) is 3.85. The van der Waals surface area contributed by atoms with Gasteiger partial charge in [0.1, 0.15) is 0 Å². The molecule has 2 rings (SSSR count). The summed E-state index contributed by atoms with van der Waals surface area (Å²) in [6.07, 6.45) is 2.59. The summed E-state index contributed by atoms with van der Waals surface area (Å²) in [5, 5.41) is 0. The van der Waals surface area contributed by atoms with Gasteiger partial charge in [-0.15, -0.1) is 0 Å². The predicted octanol–water partition coefficient (Wildman–Crippen LogP) is 2.44. The van der Waals surface area contributed by atoms with Crippen LogP contribution < -0.4 is 5.73 Å². The fourth-order valence-electron chi connectivity index (χ4n) is 3.18. The van der Waals surface area contributed by atoms with Crippen molar-refractivity contribution in [1.82, 2.24) is 4.90 Å². The molecular formula is C15H24N2. The molecule has 1 fully saturated rings. The predicted molar refractivity (Wildman–Crippen MR) is 73.4 cm³/mol. The van der Waals surface area contributed by atoms with Gasteiger partial charge in [0.05, 0.1) is 0 Å². The Labute approximate surface area is 105 Å². The molecule has 2 atom stereocenters. The van der Waals surface area contributed by atoms with E-state index in [1.807, 2.05) is 0 Å². The Morgan fingerprint density at radius 3 is 2.71 bits per heavy atom. The molecule has 1 heterocycles. The van der Waals surface area contributed by atoms with Gasteiger partial charge in [-0.1, -0.05) is 23.8 Å². The number of nitrogens with zero attached hydrogens (tertiary/aromatic N) is 1. The lowest BCUT2D eigenvalue weighted by Gasteiger charge is -2.29. The lowest BCUT2D eigenvalue weighted by Crippen LogP contribution is -2.35. The lowest BCUT2D eigenvalue weighted by atomic mass is 9.86. The van der Waals surface area contributed by atoms with Gasteiger partial charge in [0.2, 0.25) is 0 Å². The van der Waals surface area contributed by atoms with E-state index < -0.39 is 0 Å². The van der Waals surface area contributed by atoms with Crippen molar-refractivity contribution in [2.75, 3.05) is 20.1 Å². The highest BCUT2D eigenvalue weighted by Gasteiger charge is 2.30. The normalized spacial score (nSPS) is 22.9. The number of likely N-dealkylation sites (N-methyl/N-ethyl adjacent to an activating group) is 1. The molecule has 0 aromatic heterocycles. The van der Waals surface area contributed by atoms with Crippen LogP contribution in [0.15, 0.2) is 18.2 Å². The van der Waals surface area contributed by atoms with E-state index >= 15 is 0 Å². The van der Waals surface area contributed by atoms with Crippen LogP contribution in [0.1, 0.15) is 35.4 Å². The zero-order valence-corrected chi connectivity index (χ0v) is 11.2. The highest BCUT2D eigenvalue weighted by atomic mass is 15.2. The highest BCUT2D eigenvalue weighted by Crippen LogP contribution is 2.31. The molecule has 0 saturated carbocycles. The fourth-order valence-corrected chi connectivity index (χ4v) is 3.18. The molecule has 0 bridgehead atoms. The first-order valence-electron chi connectivity index (χ1n) is 6.61. The van der Waals surface area contributed by atoms with Crippen LogP contribution >= 0.6 is 0 Å². The molecule has 94 valence electrons. The monoisotopic (exact) mass is 232 g/mol. The molecule has 2 heteroatoms. The van der Waals surface area contributed by atoms with Crippen molar-refractivity contribution >= 4 is 0 Å². The second-order valence-electron chi connectivity index (χ2n) is 5.39. The number of hydrogen-bond acceptors (Lipinski definition) is 2. The molecule has 1 aromatic rings. The minimum Gasteiger partial charge on any atom is -0.330 e. The lowest BCUT2D eigenvalue weighted by molar-refractivity contribution is 0.272. The van der Waals surface area contributed by atoms with Crippen molar-refractivity contribution in [3.63, 3.8) is 0 Å². The summed E-state index contributed by atoms with van der Waals surface area (Å²) in [5.74, 6) is 0.489. The van der Waals surface area contributed by atoms with Crippen molar-refractivity contribution in [2.24, 2.45) is 5.73 Å². The van der Waals surface area contributed by atoms with E-state index in [-0.39, 0.29) is 0 Å². The molecular weight excluding hydrogens is 208 g/mol. The average Bonchev–Trinajstić information content (AvgIpc) is 2.69. The Bertz CT molecular complexity index is 387. The van der Waals surface area contributed by atoms with Crippen LogP contribution in [0.2, 0.25) is 0 Å². The van der Waals surface area contributed by atoms with Crippen LogP contribution in [0, 0.1) is 13.8 Å². The fraction of sp³-hybridized carbons (Fsp3) is 0.600. The van der Waals surface area contributed by atoms with Crippen molar-refractivity contribution in [2.45, 2.75) is 38.6 Å². The van der Waals surface area contributed by atoms with Gasteiger partial charge < -0.3 is 10.6 Å². The average molecular weight is 232 g/mol. The van der Waals surface area contributed by atoms with E-state index in [0.717, 1.165) is 6.54 Å². The molecule has 17 heavy (non-hydrogen) atoms. The number of aryl methyl sites for hydroxylation is 2. The molecule has 1 saturated heterocycles. The first kappa shape index (κ1) is 12.6. The van der Waals surface area contributed by atoms with Crippen LogP contribution in [0.4, 0.5) is 0 Å². The molecule has 1 aliphatic rings. The summed E-state index contributed by atoms with van der Waals surface area (Å²) in [7, 11) is 2.23. The van der Waals surface area contributed by atoms with Gasteiger partial charge >= 0.3 is 0 Å². The van der Waals surface area contributed by atoms with Gasteiger partial charge in [-0.2, -0.15) is 0 Å². The van der Waals surface area contributed by atoms with Crippen LogP contribution in [-0.2, 0) is 0 Å². The Balaban J connectivity index is 2.28. The summed E-state index contributed by atoms with van der Waals surface area (Å²) >= 11 is 0. The van der Waals surface area contributed by atoms with Crippen molar-refractivity contribution in [3.8, 4) is 0 Å². The van der Waals surface area contributed by atoms with Gasteiger partial charge in [0.15, 0.2) is 0 Å². The van der Waals surface area contributed by atoms with Crippen molar-refractivity contribution < 1.29 is 0 Å². The molecule has 0 radical (unpaired) electrons. The van der Waals surface area contributed by atoms with Crippen LogP contribution in [-0.4, -0.2) is 31.1 Å². The number of rotatable bonds is 3. The second-order valence-corrected chi connectivity index (χ2v) is 5.39. The first-order chi connectivity index (χ1) is 8.13. The SMILES string of the molecule is Cc1ccc(C(CN)C2CCCN2C)c(C)c1. The Morgan fingerprint density at radius 1 is 1.41 bits per heavy atom. The largest absolute Gasteiger partial charge is 0.330 e. The second kappa shape index (κ2) is 5.19. The Hall–Kier alpha value is -0.860. The molecule has 2 N–H and O–H groups in total. The highest BCUT2D eigenvalue weighted by molar-refractivity contribution is 5.34. The molecule has 0 spiro atoms. The van der Waals surface area contributed by atoms with E-state index in [9.17, 15) is 0 Å². The molecule has 1 aromatic carbocycles. The topological polar surface area (TPSA) is 29.3 Å². The third-order valence-corrected chi connectivity index (χ3v) is 4.12. The van der Waals surface area contributed by atoms with E-state index in [4.69, 9.17) is 5.73 Å². The molecule has 1 aliphatic heterocycles. The maximum Gasteiger partial charge on any atom is 0.0174 e. The van der Waals surface area contributed by atoms with Crippen LogP contribution in [0.25, 0.3) is 0 Å². The molecule has 2 unspecified atom stereocenters. The maximum atomic E-state index is 6.03. The number of benzene rings is 1. The number of hydrogen-bond donors (Lipinski definition) is 1. The first-order valence-corrected chi connectivity index (χ1v) is 6.61. The summed E-state index contributed by atoms with van der Waals surface area (Å²) in [5.41, 5.74) is 10.2. The van der Waals surface area contributed by atoms with Crippen molar-refractivity contribution in [1.29, 1.82) is 0 Å². The quantitative estimate of drug-likeness (QED) is 0.867. The number of likely N-dealkylation sites (tertiary alicyclic amines) is 1. The van der Waals surface area contributed by atoms with E-state index in [0.29, 0.717) is 12.0 Å². The van der Waals surface area contributed by atoms with Crippen LogP contribution in [0.5, 0.6) is 0 Å².